The summed E-state index contributed by atoms with van der Waals surface area (Å²) in [4.78, 5) is 27.2. The third-order valence-corrected chi connectivity index (χ3v) is 4.66. The molecule has 1 aliphatic rings. The first-order valence-corrected chi connectivity index (χ1v) is 8.81. The molecule has 0 radical (unpaired) electrons. The molecule has 1 aliphatic heterocycles. The Hall–Kier alpha value is -3.41. The number of hydrogen-bond donors (Lipinski definition) is 1. The van der Waals surface area contributed by atoms with E-state index in [1.165, 1.54) is 11.1 Å². The van der Waals surface area contributed by atoms with E-state index in [9.17, 15) is 9.59 Å². The smallest absolute Gasteiger partial charge is 0.256 e. The van der Waals surface area contributed by atoms with Crippen LogP contribution in [0.5, 0.6) is 0 Å². The number of carbonyl (C=O) groups is 2. The first-order valence-electron chi connectivity index (χ1n) is 8.81. The van der Waals surface area contributed by atoms with Gasteiger partial charge >= 0.3 is 0 Å². The number of hydrogen-bond acceptors (Lipinski definition) is 4. The highest BCUT2D eigenvalue weighted by Crippen LogP contribution is 2.21. The third kappa shape index (κ3) is 3.60. The number of nitrogens with one attached hydrogen (secondary N) is 1. The van der Waals surface area contributed by atoms with E-state index in [1.54, 1.807) is 37.3 Å². The van der Waals surface area contributed by atoms with Crippen LogP contribution in [0.25, 0.3) is 0 Å². The molecule has 6 heteroatoms. The molecule has 0 fully saturated rings. The lowest BCUT2D eigenvalue weighted by Gasteiger charge is -2.29. The summed E-state index contributed by atoms with van der Waals surface area (Å²) in [5.74, 6) is 0.555. The van der Waals surface area contributed by atoms with Gasteiger partial charge in [-0.3, -0.25) is 9.59 Å². The Bertz CT molecular complexity index is 1010. The Balaban J connectivity index is 1.50. The van der Waals surface area contributed by atoms with Gasteiger partial charge in [0.25, 0.3) is 11.8 Å². The summed E-state index contributed by atoms with van der Waals surface area (Å²) in [5, 5.41) is 6.42. The maximum Gasteiger partial charge on any atom is 0.256 e. The highest BCUT2D eigenvalue weighted by Gasteiger charge is 2.22. The average molecular weight is 361 g/mol. The van der Waals surface area contributed by atoms with Crippen LogP contribution < -0.4 is 5.32 Å². The highest BCUT2D eigenvalue weighted by atomic mass is 16.5. The van der Waals surface area contributed by atoms with Crippen LogP contribution in [0.4, 0.5) is 5.82 Å². The summed E-state index contributed by atoms with van der Waals surface area (Å²) >= 11 is 0. The molecule has 0 spiro atoms. The molecule has 136 valence electrons. The number of anilines is 1. The van der Waals surface area contributed by atoms with Gasteiger partial charge in [-0.05, 0) is 42.7 Å². The number of carbonyl (C=O) groups excluding carboxylic acids is 2. The van der Waals surface area contributed by atoms with Crippen molar-refractivity contribution in [1.82, 2.24) is 10.1 Å². The molecule has 2 amide bonds. The molecule has 6 nitrogen and oxygen atoms in total. The van der Waals surface area contributed by atoms with E-state index in [-0.39, 0.29) is 11.8 Å². The van der Waals surface area contributed by atoms with Crippen molar-refractivity contribution in [3.05, 3.63) is 82.6 Å². The average Bonchev–Trinajstić information content (AvgIpc) is 3.11. The maximum absolute atomic E-state index is 12.9. The zero-order chi connectivity index (χ0) is 18.8. The van der Waals surface area contributed by atoms with Crippen molar-refractivity contribution in [3.63, 3.8) is 0 Å². The van der Waals surface area contributed by atoms with Gasteiger partial charge in [0, 0.05) is 30.3 Å². The monoisotopic (exact) mass is 361 g/mol. The summed E-state index contributed by atoms with van der Waals surface area (Å²) < 4.78 is 4.95. The van der Waals surface area contributed by atoms with Crippen molar-refractivity contribution >= 4 is 17.6 Å². The topological polar surface area (TPSA) is 75.4 Å². The first-order chi connectivity index (χ1) is 13.1. The van der Waals surface area contributed by atoms with Gasteiger partial charge in [0.05, 0.1) is 0 Å². The lowest BCUT2D eigenvalue weighted by molar-refractivity contribution is 0.0734. The van der Waals surface area contributed by atoms with E-state index in [0.717, 1.165) is 6.42 Å². The molecule has 0 unspecified atom stereocenters. The van der Waals surface area contributed by atoms with Crippen LogP contribution in [0.3, 0.4) is 0 Å². The third-order valence-electron chi connectivity index (χ3n) is 4.66. The maximum atomic E-state index is 12.9. The van der Waals surface area contributed by atoms with Crippen molar-refractivity contribution < 1.29 is 14.1 Å². The van der Waals surface area contributed by atoms with Gasteiger partial charge in [-0.15, -0.1) is 0 Å². The van der Waals surface area contributed by atoms with Crippen LogP contribution in [-0.4, -0.2) is 28.4 Å². The molecule has 0 aliphatic carbocycles. The number of fused-ring (bicyclic) bond motifs is 1. The van der Waals surface area contributed by atoms with Gasteiger partial charge in [0.15, 0.2) is 5.82 Å². The molecular weight excluding hydrogens is 342 g/mol. The van der Waals surface area contributed by atoms with Crippen LogP contribution in [-0.2, 0) is 13.0 Å². The van der Waals surface area contributed by atoms with Crippen molar-refractivity contribution in [2.45, 2.75) is 19.9 Å². The zero-order valence-electron chi connectivity index (χ0n) is 14.9. The summed E-state index contributed by atoms with van der Waals surface area (Å²) in [5.41, 5.74) is 3.36. The lowest BCUT2D eigenvalue weighted by atomic mass is 9.99. The van der Waals surface area contributed by atoms with E-state index in [0.29, 0.717) is 35.8 Å². The van der Waals surface area contributed by atoms with Gasteiger partial charge in [-0.1, -0.05) is 35.5 Å². The van der Waals surface area contributed by atoms with Crippen molar-refractivity contribution in [2.24, 2.45) is 0 Å². The SMILES string of the molecule is Cc1cc(NC(=O)c2cccc(C(=O)N3CCc4ccccc4C3)c2)no1. The number of aryl methyl sites for hydroxylation is 1. The predicted molar refractivity (Wildman–Crippen MR) is 101 cm³/mol. The van der Waals surface area contributed by atoms with E-state index in [4.69, 9.17) is 4.52 Å². The minimum Gasteiger partial charge on any atom is -0.360 e. The lowest BCUT2D eigenvalue weighted by Crippen LogP contribution is -2.36. The van der Waals surface area contributed by atoms with Crippen LogP contribution in [0.2, 0.25) is 0 Å². The largest absolute Gasteiger partial charge is 0.360 e. The number of aromatic nitrogens is 1. The second-order valence-corrected chi connectivity index (χ2v) is 6.60. The molecule has 2 aromatic carbocycles. The number of rotatable bonds is 3. The van der Waals surface area contributed by atoms with Gasteiger partial charge in [-0.2, -0.15) is 0 Å². The molecular formula is C21H19N3O3. The molecule has 1 N–H and O–H groups in total. The van der Waals surface area contributed by atoms with E-state index in [1.807, 2.05) is 17.0 Å². The quantitative estimate of drug-likeness (QED) is 0.775. The van der Waals surface area contributed by atoms with Crippen LogP contribution in [0.1, 0.15) is 37.6 Å². The number of benzene rings is 2. The van der Waals surface area contributed by atoms with Gasteiger partial charge in [0.2, 0.25) is 0 Å². The van der Waals surface area contributed by atoms with Crippen molar-refractivity contribution in [3.8, 4) is 0 Å². The van der Waals surface area contributed by atoms with Crippen LogP contribution in [0, 0.1) is 6.92 Å². The Kier molecular flexibility index (Phi) is 4.46. The fourth-order valence-electron chi connectivity index (χ4n) is 3.26. The Labute approximate surface area is 156 Å². The second kappa shape index (κ2) is 7.07. The summed E-state index contributed by atoms with van der Waals surface area (Å²) in [6.07, 6.45) is 0.841. The van der Waals surface area contributed by atoms with Gasteiger partial charge in [0.1, 0.15) is 5.76 Å². The van der Waals surface area contributed by atoms with E-state index >= 15 is 0 Å². The predicted octanol–water partition coefficient (Wildman–Crippen LogP) is 3.43. The van der Waals surface area contributed by atoms with Crippen molar-refractivity contribution in [2.75, 3.05) is 11.9 Å². The Morgan fingerprint density at radius 2 is 1.81 bits per heavy atom. The van der Waals surface area contributed by atoms with Crippen LogP contribution in [0.15, 0.2) is 59.1 Å². The molecule has 0 saturated carbocycles. The first kappa shape index (κ1) is 17.0. The second-order valence-electron chi connectivity index (χ2n) is 6.60. The molecule has 3 aromatic rings. The Morgan fingerprint density at radius 3 is 2.59 bits per heavy atom. The summed E-state index contributed by atoms with van der Waals surface area (Å²) in [6, 6.07) is 16.5. The summed E-state index contributed by atoms with van der Waals surface area (Å²) in [7, 11) is 0. The molecule has 1 aromatic heterocycles. The van der Waals surface area contributed by atoms with Crippen LogP contribution >= 0.6 is 0 Å². The standard InChI is InChI=1S/C21H19N3O3/c1-14-11-19(23-27-14)22-20(25)16-7-4-8-17(12-16)21(26)24-10-9-15-5-2-3-6-18(15)13-24/h2-8,11-12H,9-10,13H2,1H3,(H,22,23,25). The zero-order valence-corrected chi connectivity index (χ0v) is 14.9. The minimum atomic E-state index is -0.332. The number of amides is 2. The molecule has 0 atom stereocenters. The van der Waals surface area contributed by atoms with E-state index in [2.05, 4.69) is 22.6 Å². The highest BCUT2D eigenvalue weighted by molar-refractivity contribution is 6.05. The van der Waals surface area contributed by atoms with Gasteiger partial charge < -0.3 is 14.7 Å². The Morgan fingerprint density at radius 1 is 1.04 bits per heavy atom. The van der Waals surface area contributed by atoms with Crippen molar-refractivity contribution in [1.29, 1.82) is 0 Å². The molecule has 0 saturated heterocycles. The molecule has 2 heterocycles. The van der Waals surface area contributed by atoms with E-state index < -0.39 is 0 Å². The molecule has 4 rings (SSSR count). The van der Waals surface area contributed by atoms with Gasteiger partial charge in [-0.25, -0.2) is 0 Å². The normalized spacial score (nSPS) is 13.1. The molecule has 27 heavy (non-hydrogen) atoms. The summed E-state index contributed by atoms with van der Waals surface area (Å²) in [6.45, 7) is 3.01. The number of nitrogens with zero attached hydrogens (tertiary/aromatic N) is 2. The minimum absolute atomic E-state index is 0.0727. The fraction of sp³-hybridized carbons (Fsp3) is 0.190. The fourth-order valence-corrected chi connectivity index (χ4v) is 3.26. The molecule has 0 bridgehead atoms.